The van der Waals surface area contributed by atoms with Gasteiger partial charge in [-0.1, -0.05) is 25.6 Å². The molecular formula is C14H20FNO2S. The lowest BCUT2D eigenvalue weighted by Gasteiger charge is -2.07. The number of thiocarbonyl (C=S) groups is 1. The molecule has 0 unspecified atom stereocenters. The van der Waals surface area contributed by atoms with Crippen molar-refractivity contribution in [2.45, 2.75) is 26.4 Å². The fourth-order valence-electron chi connectivity index (χ4n) is 1.53. The zero-order valence-electron chi connectivity index (χ0n) is 11.2. The van der Waals surface area contributed by atoms with Gasteiger partial charge < -0.3 is 15.2 Å². The van der Waals surface area contributed by atoms with Gasteiger partial charge in [-0.2, -0.15) is 0 Å². The Morgan fingerprint density at radius 3 is 2.63 bits per heavy atom. The minimum atomic E-state index is -0.358. The lowest BCUT2D eigenvalue weighted by Crippen LogP contribution is -2.11. The summed E-state index contributed by atoms with van der Waals surface area (Å²) in [4.78, 5) is 0.184. The van der Waals surface area contributed by atoms with Gasteiger partial charge in [-0.15, -0.1) is 0 Å². The van der Waals surface area contributed by atoms with Gasteiger partial charge in [0.15, 0.2) is 0 Å². The molecule has 2 N–H and O–H groups in total. The number of nitrogens with two attached hydrogens (primary N) is 1. The fraction of sp³-hybridized carbons (Fsp3) is 0.500. The molecule has 5 heteroatoms. The largest absolute Gasteiger partial charge is 0.389 e. The van der Waals surface area contributed by atoms with Crippen molar-refractivity contribution in [1.29, 1.82) is 0 Å². The molecule has 0 saturated carbocycles. The van der Waals surface area contributed by atoms with Crippen LogP contribution in [0.2, 0.25) is 0 Å². The molecule has 0 aliphatic carbocycles. The van der Waals surface area contributed by atoms with E-state index in [1.165, 1.54) is 12.1 Å². The number of rotatable bonds is 9. The maximum atomic E-state index is 13.3. The number of unbranched alkanes of at least 4 members (excludes halogenated alkanes) is 1. The zero-order valence-corrected chi connectivity index (χ0v) is 12.0. The van der Waals surface area contributed by atoms with Crippen molar-refractivity contribution < 1.29 is 13.9 Å². The first-order valence-electron chi connectivity index (χ1n) is 6.38. The maximum absolute atomic E-state index is 13.3. The second kappa shape index (κ2) is 8.96. The molecular weight excluding hydrogens is 265 g/mol. The highest BCUT2D eigenvalue weighted by molar-refractivity contribution is 7.80. The van der Waals surface area contributed by atoms with Crippen molar-refractivity contribution in [3.05, 3.63) is 35.1 Å². The predicted molar refractivity (Wildman–Crippen MR) is 77.7 cm³/mol. The molecule has 0 atom stereocenters. The quantitative estimate of drug-likeness (QED) is 0.560. The van der Waals surface area contributed by atoms with Crippen LogP contribution in [0.15, 0.2) is 18.2 Å². The molecule has 1 rings (SSSR count). The summed E-state index contributed by atoms with van der Waals surface area (Å²) in [5, 5.41) is 0. The molecule has 0 aliphatic rings. The van der Waals surface area contributed by atoms with Gasteiger partial charge in [-0.3, -0.25) is 0 Å². The smallest absolute Gasteiger partial charge is 0.124 e. The van der Waals surface area contributed by atoms with E-state index in [1.807, 2.05) is 0 Å². The van der Waals surface area contributed by atoms with Crippen molar-refractivity contribution in [1.82, 2.24) is 0 Å². The summed E-state index contributed by atoms with van der Waals surface area (Å²) in [6, 6.07) is 4.47. The molecule has 0 spiro atoms. The topological polar surface area (TPSA) is 44.5 Å². The van der Waals surface area contributed by atoms with Crippen LogP contribution in [0.1, 0.15) is 30.9 Å². The van der Waals surface area contributed by atoms with Crippen LogP contribution in [0, 0.1) is 5.82 Å². The van der Waals surface area contributed by atoms with E-state index < -0.39 is 0 Å². The highest BCUT2D eigenvalue weighted by atomic mass is 32.1. The third-order valence-corrected chi connectivity index (χ3v) is 2.76. The normalized spacial score (nSPS) is 10.6. The van der Waals surface area contributed by atoms with Gasteiger partial charge in [-0.05, 0) is 30.2 Å². The lowest BCUT2D eigenvalue weighted by atomic mass is 10.1. The van der Waals surface area contributed by atoms with Gasteiger partial charge >= 0.3 is 0 Å². The summed E-state index contributed by atoms with van der Waals surface area (Å²) in [7, 11) is 0. The Balaban J connectivity index is 2.31. The minimum Gasteiger partial charge on any atom is -0.389 e. The van der Waals surface area contributed by atoms with E-state index in [-0.39, 0.29) is 10.8 Å². The van der Waals surface area contributed by atoms with Gasteiger partial charge in [0.2, 0.25) is 0 Å². The van der Waals surface area contributed by atoms with Crippen LogP contribution in [0.4, 0.5) is 4.39 Å². The summed E-state index contributed by atoms with van der Waals surface area (Å²) < 4.78 is 24.1. The van der Waals surface area contributed by atoms with Crippen LogP contribution in [0.5, 0.6) is 0 Å². The first-order valence-corrected chi connectivity index (χ1v) is 6.79. The number of benzene rings is 1. The van der Waals surface area contributed by atoms with Crippen molar-refractivity contribution in [3.8, 4) is 0 Å². The number of ether oxygens (including phenoxy) is 2. The van der Waals surface area contributed by atoms with Crippen LogP contribution in [-0.2, 0) is 16.1 Å². The average Bonchev–Trinajstić information content (AvgIpc) is 2.37. The van der Waals surface area contributed by atoms with E-state index in [4.69, 9.17) is 27.4 Å². The molecule has 0 aromatic heterocycles. The number of halogens is 1. The van der Waals surface area contributed by atoms with Crippen LogP contribution < -0.4 is 5.73 Å². The van der Waals surface area contributed by atoms with Gasteiger partial charge in [0.1, 0.15) is 10.8 Å². The van der Waals surface area contributed by atoms with Gasteiger partial charge in [0.05, 0.1) is 19.8 Å². The van der Waals surface area contributed by atoms with Crippen LogP contribution >= 0.6 is 12.2 Å². The Bertz CT molecular complexity index is 412. The van der Waals surface area contributed by atoms with E-state index in [0.29, 0.717) is 25.4 Å². The molecule has 19 heavy (non-hydrogen) atoms. The van der Waals surface area contributed by atoms with Gasteiger partial charge in [0, 0.05) is 12.2 Å². The Labute approximate surface area is 118 Å². The molecule has 1 aromatic rings. The van der Waals surface area contributed by atoms with Crippen molar-refractivity contribution >= 4 is 17.2 Å². The summed E-state index contributed by atoms with van der Waals surface area (Å²) in [6.07, 6.45) is 2.17. The summed E-state index contributed by atoms with van der Waals surface area (Å²) in [6.45, 7) is 4.24. The van der Waals surface area contributed by atoms with Crippen LogP contribution in [0.3, 0.4) is 0 Å². The van der Waals surface area contributed by atoms with Crippen molar-refractivity contribution in [2.75, 3.05) is 19.8 Å². The summed E-state index contributed by atoms with van der Waals surface area (Å²) >= 11 is 4.83. The summed E-state index contributed by atoms with van der Waals surface area (Å²) in [5.74, 6) is -0.358. The zero-order chi connectivity index (χ0) is 14.1. The predicted octanol–water partition coefficient (Wildman–Crippen LogP) is 2.79. The molecule has 106 valence electrons. The van der Waals surface area contributed by atoms with Crippen molar-refractivity contribution in [3.63, 3.8) is 0 Å². The van der Waals surface area contributed by atoms with Crippen LogP contribution in [0.25, 0.3) is 0 Å². The standard InChI is InChI=1S/C14H20FNO2S/c1-2-3-4-17-5-6-18-10-11-7-12(14(16)19)9-13(15)8-11/h7-9H,2-6,10H2,1H3,(H2,16,19). The third kappa shape index (κ3) is 6.61. The Kier molecular flexibility index (Phi) is 7.55. The lowest BCUT2D eigenvalue weighted by molar-refractivity contribution is 0.0396. The minimum absolute atomic E-state index is 0.184. The molecule has 0 heterocycles. The molecule has 3 nitrogen and oxygen atoms in total. The van der Waals surface area contributed by atoms with Gasteiger partial charge in [-0.25, -0.2) is 4.39 Å². The Morgan fingerprint density at radius 1 is 1.21 bits per heavy atom. The third-order valence-electron chi connectivity index (χ3n) is 2.53. The van der Waals surface area contributed by atoms with E-state index in [0.717, 1.165) is 25.0 Å². The van der Waals surface area contributed by atoms with E-state index >= 15 is 0 Å². The van der Waals surface area contributed by atoms with Gasteiger partial charge in [0.25, 0.3) is 0 Å². The highest BCUT2D eigenvalue weighted by Crippen LogP contribution is 2.10. The number of hydrogen-bond acceptors (Lipinski definition) is 3. The fourth-order valence-corrected chi connectivity index (χ4v) is 1.65. The molecule has 0 amide bonds. The molecule has 0 aliphatic heterocycles. The summed E-state index contributed by atoms with van der Waals surface area (Å²) in [5.41, 5.74) is 6.72. The number of hydrogen-bond donors (Lipinski definition) is 1. The first kappa shape index (κ1) is 16.0. The first-order chi connectivity index (χ1) is 9.13. The van der Waals surface area contributed by atoms with E-state index in [1.54, 1.807) is 6.07 Å². The highest BCUT2D eigenvalue weighted by Gasteiger charge is 2.03. The van der Waals surface area contributed by atoms with E-state index in [2.05, 4.69) is 6.92 Å². The van der Waals surface area contributed by atoms with E-state index in [9.17, 15) is 4.39 Å². The molecule has 0 saturated heterocycles. The Morgan fingerprint density at radius 2 is 1.95 bits per heavy atom. The molecule has 0 fully saturated rings. The second-order valence-corrected chi connectivity index (χ2v) is 4.67. The molecule has 1 aromatic carbocycles. The second-order valence-electron chi connectivity index (χ2n) is 4.23. The average molecular weight is 285 g/mol. The molecule has 0 bridgehead atoms. The SMILES string of the molecule is CCCCOCCOCc1cc(F)cc(C(N)=S)c1. The monoisotopic (exact) mass is 285 g/mol. The Hall–Kier alpha value is -1.04. The maximum Gasteiger partial charge on any atom is 0.124 e. The molecule has 0 radical (unpaired) electrons. The van der Waals surface area contributed by atoms with Crippen molar-refractivity contribution in [2.24, 2.45) is 5.73 Å². The van der Waals surface area contributed by atoms with Crippen LogP contribution in [-0.4, -0.2) is 24.8 Å².